The van der Waals surface area contributed by atoms with Crippen molar-refractivity contribution in [3.05, 3.63) is 78.9 Å². The molecule has 0 aliphatic carbocycles. The van der Waals surface area contributed by atoms with E-state index >= 15 is 0 Å². The zero-order chi connectivity index (χ0) is 22.1. The van der Waals surface area contributed by atoms with Crippen LogP contribution >= 0.6 is 0 Å². The molecule has 3 aromatic rings. The van der Waals surface area contributed by atoms with Crippen LogP contribution in [-0.2, 0) is 9.59 Å². The number of rotatable bonds is 9. The minimum atomic E-state index is -0.187. The molecule has 0 saturated heterocycles. The molecule has 0 unspecified atom stereocenters. The quantitative estimate of drug-likeness (QED) is 0.546. The molecular formula is C25H27N3O3. The van der Waals surface area contributed by atoms with E-state index in [1.54, 1.807) is 24.1 Å². The van der Waals surface area contributed by atoms with Gasteiger partial charge in [0.15, 0.2) is 0 Å². The fourth-order valence-corrected chi connectivity index (χ4v) is 3.24. The Morgan fingerprint density at radius 3 is 2.23 bits per heavy atom. The van der Waals surface area contributed by atoms with Gasteiger partial charge in [-0.25, -0.2) is 0 Å². The summed E-state index contributed by atoms with van der Waals surface area (Å²) in [5.41, 5.74) is 3.39. The molecule has 2 N–H and O–H groups in total. The molecule has 0 fully saturated rings. The first-order chi connectivity index (χ1) is 15.1. The Bertz CT molecular complexity index is 1020. The average molecular weight is 418 g/mol. The summed E-state index contributed by atoms with van der Waals surface area (Å²) < 4.78 is 5.17. The summed E-state index contributed by atoms with van der Waals surface area (Å²) >= 11 is 0. The molecule has 31 heavy (non-hydrogen) atoms. The van der Waals surface area contributed by atoms with E-state index in [4.69, 9.17) is 4.74 Å². The Balaban J connectivity index is 1.60. The monoisotopic (exact) mass is 417 g/mol. The number of para-hydroxylation sites is 1. The van der Waals surface area contributed by atoms with Gasteiger partial charge in [-0.3, -0.25) is 14.5 Å². The molecular weight excluding hydrogens is 390 g/mol. The molecule has 0 atom stereocenters. The molecule has 6 heteroatoms. The van der Waals surface area contributed by atoms with Crippen LogP contribution in [0.2, 0.25) is 0 Å². The van der Waals surface area contributed by atoms with Crippen molar-refractivity contribution >= 4 is 23.2 Å². The molecule has 3 rings (SSSR count). The molecule has 2 amide bonds. The molecule has 0 bridgehead atoms. The second kappa shape index (κ2) is 10.9. The third kappa shape index (κ3) is 6.42. The zero-order valence-electron chi connectivity index (χ0n) is 17.8. The Morgan fingerprint density at radius 1 is 0.839 bits per heavy atom. The number of carbonyl (C=O) groups excluding carboxylic acids is 2. The van der Waals surface area contributed by atoms with Gasteiger partial charge in [-0.05, 0) is 30.3 Å². The minimum absolute atomic E-state index is 0.113. The second-order valence-corrected chi connectivity index (χ2v) is 7.04. The number of nitrogens with zero attached hydrogens (tertiary/aromatic N) is 1. The topological polar surface area (TPSA) is 70.7 Å². The molecule has 3 aromatic carbocycles. The number of amides is 2. The van der Waals surface area contributed by atoms with Crippen LogP contribution in [0.1, 0.15) is 6.92 Å². The number of methoxy groups -OCH3 is 1. The van der Waals surface area contributed by atoms with Crippen molar-refractivity contribution in [2.24, 2.45) is 0 Å². The van der Waals surface area contributed by atoms with Crippen molar-refractivity contribution in [3.8, 4) is 16.9 Å². The number of likely N-dealkylation sites (N-methyl/N-ethyl adjacent to an activating group) is 1. The van der Waals surface area contributed by atoms with E-state index in [2.05, 4.69) is 10.6 Å². The second-order valence-electron chi connectivity index (χ2n) is 7.04. The van der Waals surface area contributed by atoms with Crippen molar-refractivity contribution < 1.29 is 14.3 Å². The van der Waals surface area contributed by atoms with Crippen LogP contribution in [0.4, 0.5) is 11.4 Å². The lowest BCUT2D eigenvalue weighted by molar-refractivity contribution is -0.119. The van der Waals surface area contributed by atoms with E-state index in [0.717, 1.165) is 16.8 Å². The largest absolute Gasteiger partial charge is 0.497 e. The number of hydrogen-bond acceptors (Lipinski definition) is 4. The first-order valence-corrected chi connectivity index (χ1v) is 10.2. The van der Waals surface area contributed by atoms with Crippen molar-refractivity contribution in [1.82, 2.24) is 4.90 Å². The summed E-state index contributed by atoms with van der Waals surface area (Å²) in [6, 6.07) is 24.8. The lowest BCUT2D eigenvalue weighted by atomic mass is 10.0. The van der Waals surface area contributed by atoms with Crippen LogP contribution in [0, 0.1) is 0 Å². The smallest absolute Gasteiger partial charge is 0.238 e. The van der Waals surface area contributed by atoms with E-state index in [9.17, 15) is 9.59 Å². The van der Waals surface area contributed by atoms with Crippen LogP contribution < -0.4 is 15.4 Å². The molecule has 160 valence electrons. The van der Waals surface area contributed by atoms with Crippen molar-refractivity contribution in [3.63, 3.8) is 0 Å². The molecule has 0 aromatic heterocycles. The van der Waals surface area contributed by atoms with Crippen LogP contribution in [0.5, 0.6) is 5.75 Å². The first kappa shape index (κ1) is 22.1. The standard InChI is InChI=1S/C25H27N3O3/c1-3-28(17-24(29)26-20-12-9-13-21(16-20)31-2)18-25(30)27-23-15-8-7-14-22(23)19-10-5-4-6-11-19/h4-16H,3,17-18H2,1-2H3,(H,26,29)(H,27,30). The minimum Gasteiger partial charge on any atom is -0.497 e. The molecule has 0 radical (unpaired) electrons. The normalized spacial score (nSPS) is 10.5. The van der Waals surface area contributed by atoms with Crippen LogP contribution in [0.15, 0.2) is 78.9 Å². The van der Waals surface area contributed by atoms with Crippen molar-refractivity contribution in [2.45, 2.75) is 6.92 Å². The van der Waals surface area contributed by atoms with E-state index in [1.165, 1.54) is 0 Å². The van der Waals surface area contributed by atoms with Crippen LogP contribution in [0.3, 0.4) is 0 Å². The number of carbonyl (C=O) groups is 2. The third-order valence-electron chi connectivity index (χ3n) is 4.82. The summed E-state index contributed by atoms with van der Waals surface area (Å²) in [6.45, 7) is 2.72. The van der Waals surface area contributed by atoms with Crippen LogP contribution in [-0.4, -0.2) is 43.5 Å². The summed E-state index contributed by atoms with van der Waals surface area (Å²) in [7, 11) is 1.58. The summed E-state index contributed by atoms with van der Waals surface area (Å²) in [4.78, 5) is 26.9. The SMILES string of the molecule is CCN(CC(=O)Nc1cccc(OC)c1)CC(=O)Nc1ccccc1-c1ccccc1. The maximum Gasteiger partial charge on any atom is 0.238 e. The molecule has 0 aliphatic rings. The highest BCUT2D eigenvalue weighted by Gasteiger charge is 2.15. The van der Waals surface area contributed by atoms with Crippen molar-refractivity contribution in [1.29, 1.82) is 0 Å². The highest BCUT2D eigenvalue weighted by atomic mass is 16.5. The molecule has 0 heterocycles. The number of ether oxygens (including phenoxy) is 1. The fraction of sp³-hybridized carbons (Fsp3) is 0.200. The van der Waals surface area contributed by atoms with Gasteiger partial charge < -0.3 is 15.4 Å². The molecule has 0 saturated carbocycles. The number of hydrogen-bond donors (Lipinski definition) is 2. The van der Waals surface area contributed by atoms with E-state index < -0.39 is 0 Å². The Kier molecular flexibility index (Phi) is 7.79. The molecule has 6 nitrogen and oxygen atoms in total. The summed E-state index contributed by atoms with van der Waals surface area (Å²) in [5, 5.41) is 5.83. The predicted octanol–water partition coefficient (Wildman–Crippen LogP) is 4.26. The number of benzene rings is 3. The zero-order valence-corrected chi connectivity index (χ0v) is 17.8. The van der Waals surface area contributed by atoms with E-state index in [0.29, 0.717) is 18.0 Å². The van der Waals surface area contributed by atoms with Gasteiger partial charge in [0.1, 0.15) is 5.75 Å². The highest BCUT2D eigenvalue weighted by Crippen LogP contribution is 2.27. The van der Waals surface area contributed by atoms with Crippen LogP contribution in [0.25, 0.3) is 11.1 Å². The van der Waals surface area contributed by atoms with Crippen molar-refractivity contribution in [2.75, 3.05) is 37.4 Å². The summed E-state index contributed by atoms with van der Waals surface area (Å²) in [5.74, 6) is 0.314. The Hall–Kier alpha value is -3.64. The maximum atomic E-state index is 12.7. The molecule has 0 aliphatic heterocycles. The Labute approximate surface area is 182 Å². The van der Waals surface area contributed by atoms with Gasteiger partial charge in [0.25, 0.3) is 0 Å². The lowest BCUT2D eigenvalue weighted by Gasteiger charge is -2.20. The maximum absolute atomic E-state index is 12.7. The highest BCUT2D eigenvalue weighted by molar-refractivity contribution is 5.97. The van der Waals surface area contributed by atoms with Gasteiger partial charge in [0, 0.05) is 23.0 Å². The van der Waals surface area contributed by atoms with Gasteiger partial charge in [-0.2, -0.15) is 0 Å². The van der Waals surface area contributed by atoms with Gasteiger partial charge in [0.2, 0.25) is 11.8 Å². The predicted molar refractivity (Wildman–Crippen MR) is 124 cm³/mol. The van der Waals surface area contributed by atoms with E-state index in [1.807, 2.05) is 73.7 Å². The Morgan fingerprint density at radius 2 is 1.52 bits per heavy atom. The third-order valence-corrected chi connectivity index (χ3v) is 4.82. The first-order valence-electron chi connectivity index (χ1n) is 10.2. The lowest BCUT2D eigenvalue weighted by Crippen LogP contribution is -2.38. The average Bonchev–Trinajstić information content (AvgIpc) is 2.79. The van der Waals surface area contributed by atoms with Gasteiger partial charge >= 0.3 is 0 Å². The molecule has 0 spiro atoms. The van der Waals surface area contributed by atoms with Gasteiger partial charge in [0.05, 0.1) is 20.2 Å². The fourth-order valence-electron chi connectivity index (χ4n) is 3.24. The summed E-state index contributed by atoms with van der Waals surface area (Å²) in [6.07, 6.45) is 0. The van der Waals surface area contributed by atoms with Gasteiger partial charge in [-0.1, -0.05) is 61.5 Å². The van der Waals surface area contributed by atoms with Gasteiger partial charge in [-0.15, -0.1) is 0 Å². The number of anilines is 2. The number of nitrogens with one attached hydrogen (secondary N) is 2. The van der Waals surface area contributed by atoms with E-state index in [-0.39, 0.29) is 24.9 Å².